The molecule has 2 N–H and O–H groups in total. The molecule has 1 aromatic carbocycles. The largest absolute Gasteiger partial charge is 0.325 e. The van der Waals surface area contributed by atoms with Gasteiger partial charge in [0.25, 0.3) is 5.56 Å². The number of halogens is 2. The standard InChI is InChI=1S/C13H11F2N3O/c14-7-4-8(15)6-9(5-7)16-13-17-11-3-1-2-10(11)12(19)18-13/h4-6H,1-3H2,(H2,16,17,18,19). The number of H-pyrrole nitrogens is 1. The summed E-state index contributed by atoms with van der Waals surface area (Å²) in [4.78, 5) is 18.6. The molecule has 1 aromatic heterocycles. The van der Waals surface area contributed by atoms with Crippen molar-refractivity contribution in [3.63, 3.8) is 0 Å². The number of hydrogen-bond donors (Lipinski definition) is 2. The topological polar surface area (TPSA) is 57.8 Å². The van der Waals surface area contributed by atoms with Gasteiger partial charge in [-0.05, 0) is 31.4 Å². The van der Waals surface area contributed by atoms with Crippen molar-refractivity contribution < 1.29 is 8.78 Å². The quantitative estimate of drug-likeness (QED) is 0.874. The highest BCUT2D eigenvalue weighted by Gasteiger charge is 2.17. The van der Waals surface area contributed by atoms with Crippen molar-refractivity contribution >= 4 is 11.6 Å². The predicted octanol–water partition coefficient (Wildman–Crippen LogP) is 2.28. The van der Waals surface area contributed by atoms with Crippen LogP contribution >= 0.6 is 0 Å². The highest BCUT2D eigenvalue weighted by molar-refractivity contribution is 5.53. The molecule has 4 nitrogen and oxygen atoms in total. The predicted molar refractivity (Wildman–Crippen MR) is 66.5 cm³/mol. The second kappa shape index (κ2) is 4.46. The monoisotopic (exact) mass is 263 g/mol. The first-order chi connectivity index (χ1) is 9.11. The molecule has 1 aliphatic rings. The minimum atomic E-state index is -0.689. The van der Waals surface area contributed by atoms with E-state index in [1.165, 1.54) is 0 Å². The van der Waals surface area contributed by atoms with Crippen LogP contribution in [0.1, 0.15) is 17.7 Å². The van der Waals surface area contributed by atoms with Crippen LogP contribution in [0.2, 0.25) is 0 Å². The molecule has 19 heavy (non-hydrogen) atoms. The van der Waals surface area contributed by atoms with E-state index in [0.717, 1.165) is 43.2 Å². The highest BCUT2D eigenvalue weighted by Crippen LogP contribution is 2.19. The molecule has 0 unspecified atom stereocenters. The second-order valence-electron chi connectivity index (χ2n) is 4.48. The first-order valence-electron chi connectivity index (χ1n) is 5.97. The Kier molecular flexibility index (Phi) is 2.77. The summed E-state index contributed by atoms with van der Waals surface area (Å²) in [7, 11) is 0. The molecule has 2 aromatic rings. The molecule has 3 rings (SSSR count). The van der Waals surface area contributed by atoms with Gasteiger partial charge in [0.1, 0.15) is 11.6 Å². The fraction of sp³-hybridized carbons (Fsp3) is 0.231. The Hall–Kier alpha value is -2.24. The van der Waals surface area contributed by atoms with E-state index in [-0.39, 0.29) is 17.2 Å². The number of rotatable bonds is 2. The van der Waals surface area contributed by atoms with Crippen molar-refractivity contribution in [3.8, 4) is 0 Å². The molecule has 0 saturated heterocycles. The van der Waals surface area contributed by atoms with E-state index in [9.17, 15) is 13.6 Å². The maximum absolute atomic E-state index is 13.1. The summed E-state index contributed by atoms with van der Waals surface area (Å²) in [5.41, 5.74) is 1.47. The van der Waals surface area contributed by atoms with E-state index in [4.69, 9.17) is 0 Å². The van der Waals surface area contributed by atoms with E-state index in [0.29, 0.717) is 5.56 Å². The van der Waals surface area contributed by atoms with Crippen LogP contribution in [0, 0.1) is 11.6 Å². The molecule has 6 heteroatoms. The average molecular weight is 263 g/mol. The number of benzene rings is 1. The molecule has 0 aliphatic heterocycles. The third-order valence-corrected chi connectivity index (χ3v) is 3.07. The molecule has 0 fully saturated rings. The van der Waals surface area contributed by atoms with Gasteiger partial charge in [-0.3, -0.25) is 9.78 Å². The van der Waals surface area contributed by atoms with E-state index in [1.54, 1.807) is 0 Å². The van der Waals surface area contributed by atoms with Crippen molar-refractivity contribution in [1.29, 1.82) is 0 Å². The van der Waals surface area contributed by atoms with Gasteiger partial charge in [-0.25, -0.2) is 13.8 Å². The molecule has 1 heterocycles. The van der Waals surface area contributed by atoms with Crippen LogP contribution in [0.25, 0.3) is 0 Å². The molecule has 1 aliphatic carbocycles. The second-order valence-corrected chi connectivity index (χ2v) is 4.48. The van der Waals surface area contributed by atoms with E-state index < -0.39 is 11.6 Å². The molecule has 0 saturated carbocycles. The lowest BCUT2D eigenvalue weighted by atomic mass is 10.2. The van der Waals surface area contributed by atoms with Crippen LogP contribution < -0.4 is 10.9 Å². The van der Waals surface area contributed by atoms with E-state index >= 15 is 0 Å². The number of nitrogens with one attached hydrogen (secondary N) is 2. The Morgan fingerprint density at radius 3 is 2.63 bits per heavy atom. The summed E-state index contributed by atoms with van der Waals surface area (Å²) in [5.74, 6) is -1.17. The fourth-order valence-corrected chi connectivity index (χ4v) is 2.26. The number of fused-ring (bicyclic) bond motifs is 1. The molecule has 0 spiro atoms. The zero-order valence-corrected chi connectivity index (χ0v) is 9.96. The van der Waals surface area contributed by atoms with Crippen molar-refractivity contribution in [2.45, 2.75) is 19.3 Å². The number of nitrogens with zero attached hydrogens (tertiary/aromatic N) is 1. The molecule has 0 amide bonds. The number of anilines is 2. The van der Waals surface area contributed by atoms with Crippen molar-refractivity contribution in [3.05, 3.63) is 51.4 Å². The van der Waals surface area contributed by atoms with Gasteiger partial charge in [-0.15, -0.1) is 0 Å². The Morgan fingerprint density at radius 2 is 1.89 bits per heavy atom. The van der Waals surface area contributed by atoms with Gasteiger partial charge in [0.15, 0.2) is 0 Å². The van der Waals surface area contributed by atoms with Gasteiger partial charge in [0, 0.05) is 17.3 Å². The van der Waals surface area contributed by atoms with Gasteiger partial charge in [0.05, 0.1) is 5.69 Å². The first kappa shape index (κ1) is 11.8. The Bertz CT molecular complexity index is 677. The zero-order valence-electron chi connectivity index (χ0n) is 9.96. The smallest absolute Gasteiger partial charge is 0.255 e. The number of aryl methyl sites for hydroxylation is 1. The van der Waals surface area contributed by atoms with Crippen molar-refractivity contribution in [2.75, 3.05) is 5.32 Å². The minimum absolute atomic E-state index is 0.193. The van der Waals surface area contributed by atoms with Crippen LogP contribution in [-0.2, 0) is 12.8 Å². The molecule has 0 bridgehead atoms. The van der Waals surface area contributed by atoms with E-state index in [2.05, 4.69) is 15.3 Å². The lowest BCUT2D eigenvalue weighted by molar-refractivity contribution is 0.584. The lowest BCUT2D eigenvalue weighted by Crippen LogP contribution is -2.16. The zero-order chi connectivity index (χ0) is 13.4. The van der Waals surface area contributed by atoms with Crippen molar-refractivity contribution in [1.82, 2.24) is 9.97 Å². The average Bonchev–Trinajstić information content (AvgIpc) is 2.75. The lowest BCUT2D eigenvalue weighted by Gasteiger charge is -2.07. The van der Waals surface area contributed by atoms with Gasteiger partial charge >= 0.3 is 0 Å². The molecular weight excluding hydrogens is 252 g/mol. The van der Waals surface area contributed by atoms with Gasteiger partial charge in [0.2, 0.25) is 5.95 Å². The number of hydrogen-bond acceptors (Lipinski definition) is 3. The normalized spacial score (nSPS) is 13.4. The molecular formula is C13H11F2N3O. The Morgan fingerprint density at radius 1 is 1.16 bits per heavy atom. The third-order valence-electron chi connectivity index (χ3n) is 3.07. The summed E-state index contributed by atoms with van der Waals surface area (Å²) in [6, 6.07) is 3.05. The summed E-state index contributed by atoms with van der Waals surface area (Å²) in [6.07, 6.45) is 2.39. The molecule has 0 radical (unpaired) electrons. The van der Waals surface area contributed by atoms with Crippen LogP contribution in [0.3, 0.4) is 0 Å². The third kappa shape index (κ3) is 2.33. The maximum atomic E-state index is 13.1. The van der Waals surface area contributed by atoms with E-state index in [1.807, 2.05) is 0 Å². The maximum Gasteiger partial charge on any atom is 0.255 e. The summed E-state index contributed by atoms with van der Waals surface area (Å²) < 4.78 is 26.1. The molecule has 0 atom stereocenters. The summed E-state index contributed by atoms with van der Waals surface area (Å²) >= 11 is 0. The van der Waals surface area contributed by atoms with Crippen LogP contribution in [0.4, 0.5) is 20.4 Å². The van der Waals surface area contributed by atoms with Gasteiger partial charge in [-0.2, -0.15) is 0 Å². The summed E-state index contributed by atoms with van der Waals surface area (Å²) in [6.45, 7) is 0. The SMILES string of the molecule is O=c1[nH]c(Nc2cc(F)cc(F)c2)nc2c1CCC2. The number of aromatic amines is 1. The minimum Gasteiger partial charge on any atom is -0.325 e. The van der Waals surface area contributed by atoms with Gasteiger partial charge < -0.3 is 5.32 Å². The Labute approximate surface area is 107 Å². The fourth-order valence-electron chi connectivity index (χ4n) is 2.26. The Balaban J connectivity index is 1.95. The number of aromatic nitrogens is 2. The van der Waals surface area contributed by atoms with Gasteiger partial charge in [-0.1, -0.05) is 0 Å². The van der Waals surface area contributed by atoms with Crippen LogP contribution in [0.5, 0.6) is 0 Å². The van der Waals surface area contributed by atoms with Crippen LogP contribution in [-0.4, -0.2) is 9.97 Å². The highest BCUT2D eigenvalue weighted by atomic mass is 19.1. The first-order valence-corrected chi connectivity index (χ1v) is 5.97. The van der Waals surface area contributed by atoms with Crippen LogP contribution in [0.15, 0.2) is 23.0 Å². The van der Waals surface area contributed by atoms with Crippen molar-refractivity contribution in [2.24, 2.45) is 0 Å². The summed E-state index contributed by atoms with van der Waals surface area (Å²) in [5, 5.41) is 2.71. The molecule has 98 valence electrons.